The Kier molecular flexibility index (Phi) is 9.98. The van der Waals surface area contributed by atoms with Gasteiger partial charge in [-0.3, -0.25) is 0 Å². The summed E-state index contributed by atoms with van der Waals surface area (Å²) >= 11 is 0. The summed E-state index contributed by atoms with van der Waals surface area (Å²) in [6.07, 6.45) is 8.85. The molecule has 0 saturated carbocycles. The van der Waals surface area contributed by atoms with Gasteiger partial charge in [0.1, 0.15) is 0 Å². The average Bonchev–Trinajstić information content (AvgIpc) is 3.10. The zero-order valence-electron chi connectivity index (χ0n) is 28.6. The molecule has 0 amide bonds. The second-order valence-corrected chi connectivity index (χ2v) is 12.7. The Morgan fingerprint density at radius 2 is 0.688 bits per heavy atom. The number of anilines is 2. The highest BCUT2D eigenvalue weighted by molar-refractivity contribution is 5.85. The van der Waals surface area contributed by atoms with Crippen molar-refractivity contribution in [3.05, 3.63) is 220 Å². The average molecular weight is 622 g/mol. The molecule has 0 aliphatic carbocycles. The maximum Gasteiger partial charge on any atom is 0.0456 e. The minimum Gasteiger partial charge on any atom is -0.317 e. The first-order valence-electron chi connectivity index (χ1n) is 16.7. The van der Waals surface area contributed by atoms with Crippen molar-refractivity contribution < 1.29 is 0 Å². The van der Waals surface area contributed by atoms with Crippen molar-refractivity contribution in [2.75, 3.05) is 4.90 Å². The first-order valence-corrected chi connectivity index (χ1v) is 16.7. The van der Waals surface area contributed by atoms with Gasteiger partial charge in [0.2, 0.25) is 0 Å². The van der Waals surface area contributed by atoms with Crippen LogP contribution in [0.15, 0.2) is 164 Å². The molecule has 0 aromatic heterocycles. The highest BCUT2D eigenvalue weighted by atomic mass is 15.1. The lowest BCUT2D eigenvalue weighted by Crippen LogP contribution is -2.10. The molecule has 0 saturated heterocycles. The van der Waals surface area contributed by atoms with E-state index < -0.39 is 0 Å². The van der Waals surface area contributed by atoms with Crippen LogP contribution in [-0.4, -0.2) is 0 Å². The Morgan fingerprint density at radius 3 is 1.06 bits per heavy atom. The topological polar surface area (TPSA) is 3.24 Å². The predicted molar refractivity (Wildman–Crippen MR) is 208 cm³/mol. The quantitative estimate of drug-likeness (QED) is 0.145. The van der Waals surface area contributed by atoms with Gasteiger partial charge in [0.15, 0.2) is 0 Å². The van der Waals surface area contributed by atoms with Gasteiger partial charge in [0, 0.05) is 23.1 Å². The molecule has 0 bridgehead atoms. The molecule has 0 unspecified atom stereocenters. The van der Waals surface area contributed by atoms with Crippen molar-refractivity contribution in [1.29, 1.82) is 0 Å². The molecule has 0 fully saturated rings. The number of hydrogen-bond acceptors (Lipinski definition) is 1. The predicted octanol–water partition coefficient (Wildman–Crippen LogP) is 12.6. The fourth-order valence-corrected chi connectivity index (χ4v) is 5.74. The summed E-state index contributed by atoms with van der Waals surface area (Å²) in [5.41, 5.74) is 16.8. The Labute approximate surface area is 286 Å². The molecule has 0 N–H and O–H groups in total. The normalized spacial score (nSPS) is 10.9. The maximum absolute atomic E-state index is 2.30. The monoisotopic (exact) mass is 621 g/mol. The molecule has 6 aromatic carbocycles. The lowest BCUT2D eigenvalue weighted by Gasteiger charge is -2.24. The lowest BCUT2D eigenvalue weighted by atomic mass is 9.96. The number of aryl methyl sites for hydroxylation is 5. The zero-order chi connectivity index (χ0) is 33.5. The van der Waals surface area contributed by atoms with Crippen LogP contribution in [0.4, 0.5) is 11.4 Å². The van der Waals surface area contributed by atoms with Gasteiger partial charge in [0.05, 0.1) is 0 Å². The van der Waals surface area contributed by atoms with Crippen molar-refractivity contribution in [1.82, 2.24) is 0 Å². The summed E-state index contributed by atoms with van der Waals surface area (Å²) in [7, 11) is 0. The number of hydrogen-bond donors (Lipinski definition) is 0. The minimum atomic E-state index is 1.10. The highest BCUT2D eigenvalue weighted by Crippen LogP contribution is 2.32. The Balaban J connectivity index is 1.36. The second kappa shape index (κ2) is 14.8. The number of benzene rings is 6. The molecule has 0 radical (unpaired) electrons. The maximum atomic E-state index is 2.30. The van der Waals surface area contributed by atoms with Crippen LogP contribution in [-0.2, 0) is 0 Å². The van der Waals surface area contributed by atoms with E-state index in [1.54, 1.807) is 0 Å². The first kappa shape index (κ1) is 32.3. The molecule has 0 aliphatic rings. The van der Waals surface area contributed by atoms with Gasteiger partial charge in [-0.2, -0.15) is 0 Å². The molecule has 0 atom stereocenters. The second-order valence-electron chi connectivity index (χ2n) is 12.7. The van der Waals surface area contributed by atoms with Crippen LogP contribution < -0.4 is 4.90 Å². The Hall–Kier alpha value is -5.66. The molecule has 0 aliphatic heterocycles. The van der Waals surface area contributed by atoms with Crippen LogP contribution in [0.2, 0.25) is 0 Å². The van der Waals surface area contributed by atoms with E-state index in [-0.39, 0.29) is 0 Å². The third-order valence-electron chi connectivity index (χ3n) is 8.74. The lowest BCUT2D eigenvalue weighted by molar-refractivity contribution is 1.27. The van der Waals surface area contributed by atoms with Crippen molar-refractivity contribution in [2.45, 2.75) is 34.6 Å². The summed E-state index contributed by atoms with van der Waals surface area (Å²) in [5, 5.41) is 0. The van der Waals surface area contributed by atoms with Crippen LogP contribution in [0.1, 0.15) is 55.6 Å². The van der Waals surface area contributed by atoms with E-state index in [9.17, 15) is 0 Å². The van der Waals surface area contributed by atoms with E-state index >= 15 is 0 Å². The molecule has 0 heterocycles. The summed E-state index contributed by atoms with van der Waals surface area (Å²) in [5.74, 6) is 0. The molecule has 1 heteroatoms. The SMILES string of the molecule is Cc1ccc(C(=C/C=C/c2ccc(N(C=C(c3ccc(C)cc3)c3ccc(C)cc3)c3ccc(C)cc3)cc2)c2ccc(C)cc2)cc1. The summed E-state index contributed by atoms with van der Waals surface area (Å²) in [6, 6.07) is 52.7. The first-order chi connectivity index (χ1) is 23.3. The van der Waals surface area contributed by atoms with E-state index in [0.717, 1.165) is 16.9 Å². The van der Waals surface area contributed by atoms with Gasteiger partial charge in [-0.05, 0) is 92.3 Å². The van der Waals surface area contributed by atoms with Gasteiger partial charge in [-0.15, -0.1) is 0 Å². The van der Waals surface area contributed by atoms with Gasteiger partial charge >= 0.3 is 0 Å². The van der Waals surface area contributed by atoms with Crippen molar-refractivity contribution >= 4 is 28.6 Å². The molecule has 48 heavy (non-hydrogen) atoms. The van der Waals surface area contributed by atoms with Gasteiger partial charge in [-0.1, -0.05) is 167 Å². The van der Waals surface area contributed by atoms with E-state index in [1.807, 2.05) is 0 Å². The standard InChI is InChI=1S/C47H43N/c1-34-9-21-40(22-10-34)46(41-23-11-35(2)12-24-41)8-6-7-39-19-31-45(32-20-39)48(44-29-17-38(5)18-30-44)33-47(42-25-13-36(3)14-26-42)43-27-15-37(4)16-28-43/h6-33H,1-5H3/b7-6+. The Morgan fingerprint density at radius 1 is 0.375 bits per heavy atom. The summed E-state index contributed by atoms with van der Waals surface area (Å²) in [4.78, 5) is 2.30. The van der Waals surface area contributed by atoms with Crippen molar-refractivity contribution in [2.24, 2.45) is 0 Å². The summed E-state index contributed by atoms with van der Waals surface area (Å²) in [6.45, 7) is 10.7. The molecule has 6 rings (SSSR count). The fraction of sp³-hybridized carbons (Fsp3) is 0.106. The molecule has 0 spiro atoms. The molecular weight excluding hydrogens is 579 g/mol. The van der Waals surface area contributed by atoms with E-state index in [0.29, 0.717) is 0 Å². The van der Waals surface area contributed by atoms with Crippen LogP contribution in [0.3, 0.4) is 0 Å². The Bertz CT molecular complexity index is 1940. The number of nitrogens with zero attached hydrogens (tertiary/aromatic N) is 1. The molecule has 1 nitrogen and oxygen atoms in total. The van der Waals surface area contributed by atoms with Crippen molar-refractivity contribution in [3.8, 4) is 0 Å². The molecule has 6 aromatic rings. The smallest absolute Gasteiger partial charge is 0.0456 e. The molecular formula is C47H43N. The third-order valence-corrected chi connectivity index (χ3v) is 8.74. The minimum absolute atomic E-state index is 1.10. The van der Waals surface area contributed by atoms with Crippen LogP contribution in [0.25, 0.3) is 17.2 Å². The highest BCUT2D eigenvalue weighted by Gasteiger charge is 2.13. The largest absolute Gasteiger partial charge is 0.317 e. The number of rotatable bonds is 9. The fourth-order valence-electron chi connectivity index (χ4n) is 5.74. The van der Waals surface area contributed by atoms with E-state index in [4.69, 9.17) is 0 Å². The van der Waals surface area contributed by atoms with Gasteiger partial charge in [-0.25, -0.2) is 0 Å². The molecule has 236 valence electrons. The van der Waals surface area contributed by atoms with E-state index in [2.05, 4.69) is 210 Å². The van der Waals surface area contributed by atoms with Crippen molar-refractivity contribution in [3.63, 3.8) is 0 Å². The van der Waals surface area contributed by atoms with Gasteiger partial charge < -0.3 is 4.90 Å². The third kappa shape index (κ3) is 8.00. The number of allylic oxidation sites excluding steroid dienone is 2. The van der Waals surface area contributed by atoms with E-state index in [1.165, 1.54) is 61.2 Å². The van der Waals surface area contributed by atoms with Gasteiger partial charge in [0.25, 0.3) is 0 Å². The van der Waals surface area contributed by atoms with Crippen LogP contribution in [0.5, 0.6) is 0 Å². The van der Waals surface area contributed by atoms with Crippen LogP contribution >= 0.6 is 0 Å². The van der Waals surface area contributed by atoms with Crippen LogP contribution in [0, 0.1) is 34.6 Å². The summed E-state index contributed by atoms with van der Waals surface area (Å²) < 4.78 is 0. The zero-order valence-corrected chi connectivity index (χ0v) is 28.6.